The van der Waals surface area contributed by atoms with Crippen molar-refractivity contribution in [1.82, 2.24) is 19.4 Å². The van der Waals surface area contributed by atoms with Crippen LogP contribution in [0.5, 0.6) is 11.5 Å². The second-order valence-electron chi connectivity index (χ2n) is 9.55. The van der Waals surface area contributed by atoms with Crippen LogP contribution in [0.4, 0.5) is 8.78 Å². The number of aliphatic hydroxyl groups is 1. The second-order valence-corrected chi connectivity index (χ2v) is 9.55. The zero-order valence-electron chi connectivity index (χ0n) is 22.3. The standard InChI is InChI=1S/C30H28F2N4O4/c1-17-10-12-33-23(14-17)28-34-18(2)26(30(38)36(28)27-24(39-3)6-5-7-25(27)40-4)29(37)35-13-11-19(16-35)21-9-8-20(31)15-22(21)32/h5-10,12,14-15,19,37H,2,11,13,16H2,1,3-4H3. The fraction of sp³-hybridized carbons (Fsp3) is 0.233. The minimum Gasteiger partial charge on any atom is -0.494 e. The van der Waals surface area contributed by atoms with Gasteiger partial charge in [0.15, 0.2) is 5.82 Å². The minimum atomic E-state index is -0.659. The highest BCUT2D eigenvalue weighted by molar-refractivity contribution is 5.63. The lowest BCUT2D eigenvalue weighted by Crippen LogP contribution is -2.50. The van der Waals surface area contributed by atoms with E-state index in [9.17, 15) is 18.7 Å². The van der Waals surface area contributed by atoms with E-state index in [1.165, 1.54) is 30.9 Å². The number of nitrogens with zero attached hydrogens (tertiary/aromatic N) is 4. The molecule has 4 aromatic rings. The quantitative estimate of drug-likeness (QED) is 0.397. The Labute approximate surface area is 229 Å². The molecule has 3 heterocycles. The van der Waals surface area contributed by atoms with Crippen LogP contribution in [-0.4, -0.2) is 51.9 Å². The van der Waals surface area contributed by atoms with Gasteiger partial charge >= 0.3 is 0 Å². The maximum absolute atomic E-state index is 14.5. The number of pyridine rings is 1. The van der Waals surface area contributed by atoms with Crippen LogP contribution in [-0.2, 0) is 0 Å². The Bertz CT molecular complexity index is 1750. The number of para-hydroxylation sites is 1. The smallest absolute Gasteiger partial charge is 0.271 e. The molecular formula is C30H28F2N4O4. The Balaban J connectivity index is 1.74. The van der Waals surface area contributed by atoms with Crippen molar-refractivity contribution in [2.45, 2.75) is 19.3 Å². The average molecular weight is 547 g/mol. The number of aryl methyl sites for hydroxylation is 1. The summed E-state index contributed by atoms with van der Waals surface area (Å²) in [5.41, 5.74) is 1.33. The number of likely N-dealkylation sites (tertiary alicyclic amines) is 1. The summed E-state index contributed by atoms with van der Waals surface area (Å²) in [4.78, 5) is 24.9. The molecule has 0 bridgehead atoms. The van der Waals surface area contributed by atoms with E-state index in [0.29, 0.717) is 35.7 Å². The van der Waals surface area contributed by atoms with Crippen LogP contribution >= 0.6 is 0 Å². The first-order chi connectivity index (χ1) is 19.2. The van der Waals surface area contributed by atoms with E-state index in [-0.39, 0.29) is 40.4 Å². The van der Waals surface area contributed by atoms with Crippen LogP contribution in [0.3, 0.4) is 0 Å². The number of methoxy groups -OCH3 is 2. The van der Waals surface area contributed by atoms with Crippen LogP contribution in [0.15, 0.2) is 59.5 Å². The largest absolute Gasteiger partial charge is 0.494 e. The van der Waals surface area contributed by atoms with Gasteiger partial charge in [0.05, 0.1) is 19.6 Å². The molecule has 206 valence electrons. The van der Waals surface area contributed by atoms with Crippen molar-refractivity contribution in [2.24, 2.45) is 0 Å². The van der Waals surface area contributed by atoms with Crippen LogP contribution in [0.1, 0.15) is 23.5 Å². The molecule has 1 atom stereocenters. The molecule has 0 amide bonds. The highest BCUT2D eigenvalue weighted by Gasteiger charge is 2.29. The normalized spacial score (nSPS) is 15.7. The van der Waals surface area contributed by atoms with E-state index in [4.69, 9.17) is 9.47 Å². The van der Waals surface area contributed by atoms with Crippen molar-refractivity contribution in [1.29, 1.82) is 0 Å². The molecule has 8 nitrogen and oxygen atoms in total. The van der Waals surface area contributed by atoms with Gasteiger partial charge in [0.25, 0.3) is 5.56 Å². The lowest BCUT2D eigenvalue weighted by Gasteiger charge is -2.20. The Morgan fingerprint density at radius 3 is 2.48 bits per heavy atom. The molecule has 5 rings (SSSR count). The summed E-state index contributed by atoms with van der Waals surface area (Å²) in [5, 5.41) is 11.3. The fourth-order valence-corrected chi connectivity index (χ4v) is 5.08. The number of ether oxygens (including phenoxy) is 2. The van der Waals surface area contributed by atoms with Gasteiger partial charge in [-0.2, -0.15) is 0 Å². The van der Waals surface area contributed by atoms with E-state index < -0.39 is 17.2 Å². The van der Waals surface area contributed by atoms with E-state index in [1.54, 1.807) is 35.4 Å². The Kier molecular flexibility index (Phi) is 7.25. The topological polar surface area (TPSA) is 89.7 Å². The van der Waals surface area contributed by atoms with E-state index >= 15 is 0 Å². The molecule has 0 aliphatic carbocycles. The number of aromatic nitrogens is 3. The molecule has 1 unspecified atom stereocenters. The summed E-state index contributed by atoms with van der Waals surface area (Å²) in [6.45, 7) is 6.43. The predicted molar refractivity (Wildman–Crippen MR) is 147 cm³/mol. The number of hydrogen-bond donors (Lipinski definition) is 1. The first kappa shape index (κ1) is 26.9. The zero-order valence-corrected chi connectivity index (χ0v) is 22.3. The second kappa shape index (κ2) is 10.8. The van der Waals surface area contributed by atoms with Crippen molar-refractivity contribution < 1.29 is 23.4 Å². The highest BCUT2D eigenvalue weighted by Crippen LogP contribution is 2.34. The number of hydrogen-bond acceptors (Lipinski definition) is 7. The Hall–Kier alpha value is -4.73. The van der Waals surface area contributed by atoms with Crippen LogP contribution < -0.4 is 25.6 Å². The lowest BCUT2D eigenvalue weighted by atomic mass is 9.98. The highest BCUT2D eigenvalue weighted by atomic mass is 19.1. The third-order valence-electron chi connectivity index (χ3n) is 7.04. The van der Waals surface area contributed by atoms with Crippen molar-refractivity contribution >= 4 is 12.5 Å². The summed E-state index contributed by atoms with van der Waals surface area (Å²) >= 11 is 0. The summed E-state index contributed by atoms with van der Waals surface area (Å²) in [7, 11) is 2.95. The minimum absolute atomic E-state index is 0.0438. The number of rotatable bonds is 6. The predicted octanol–water partition coefficient (Wildman–Crippen LogP) is 3.42. The summed E-state index contributed by atoms with van der Waals surface area (Å²) in [6, 6.07) is 12.2. The van der Waals surface area contributed by atoms with Crippen molar-refractivity contribution in [3.8, 4) is 28.7 Å². The van der Waals surface area contributed by atoms with Crippen molar-refractivity contribution in [3.05, 3.63) is 98.4 Å². The Morgan fingerprint density at radius 2 is 1.82 bits per heavy atom. The maximum Gasteiger partial charge on any atom is 0.271 e. The first-order valence-electron chi connectivity index (χ1n) is 12.6. The van der Waals surface area contributed by atoms with Gasteiger partial charge in [-0.05, 0) is 54.8 Å². The van der Waals surface area contributed by atoms with Crippen LogP contribution in [0.25, 0.3) is 29.7 Å². The molecule has 1 N–H and O–H groups in total. The number of halogens is 2. The van der Waals surface area contributed by atoms with Gasteiger partial charge in [-0.1, -0.05) is 18.7 Å². The van der Waals surface area contributed by atoms with Gasteiger partial charge in [0.2, 0.25) is 5.88 Å². The molecule has 2 aromatic carbocycles. The molecule has 1 fully saturated rings. The molecular weight excluding hydrogens is 518 g/mol. The van der Waals surface area contributed by atoms with Gasteiger partial charge in [-0.25, -0.2) is 13.8 Å². The molecule has 1 aliphatic heterocycles. The maximum atomic E-state index is 14.5. The van der Waals surface area contributed by atoms with Gasteiger partial charge in [-0.15, -0.1) is 0 Å². The third kappa shape index (κ3) is 4.76. The molecule has 1 saturated heterocycles. The van der Waals surface area contributed by atoms with Gasteiger partial charge in [0, 0.05) is 31.3 Å². The van der Waals surface area contributed by atoms with E-state index in [0.717, 1.165) is 11.6 Å². The van der Waals surface area contributed by atoms with E-state index in [2.05, 4.69) is 16.5 Å². The average Bonchev–Trinajstić information content (AvgIpc) is 3.42. The molecule has 40 heavy (non-hydrogen) atoms. The Morgan fingerprint density at radius 1 is 1.10 bits per heavy atom. The van der Waals surface area contributed by atoms with E-state index in [1.807, 2.05) is 13.0 Å². The molecule has 0 radical (unpaired) electrons. The zero-order chi connectivity index (χ0) is 28.6. The number of benzene rings is 2. The van der Waals surface area contributed by atoms with Gasteiger partial charge in [-0.3, -0.25) is 14.3 Å². The van der Waals surface area contributed by atoms with Gasteiger partial charge in [0.1, 0.15) is 39.7 Å². The molecule has 2 aromatic heterocycles. The third-order valence-corrected chi connectivity index (χ3v) is 7.04. The van der Waals surface area contributed by atoms with Crippen molar-refractivity contribution in [2.75, 3.05) is 27.3 Å². The molecule has 1 aliphatic rings. The lowest BCUT2D eigenvalue weighted by molar-refractivity contribution is 0.321. The fourth-order valence-electron chi connectivity index (χ4n) is 5.08. The summed E-state index contributed by atoms with van der Waals surface area (Å²) in [6.07, 6.45) is 2.10. The van der Waals surface area contributed by atoms with Crippen LogP contribution in [0.2, 0.25) is 0 Å². The summed E-state index contributed by atoms with van der Waals surface area (Å²) < 4.78 is 40.4. The van der Waals surface area contributed by atoms with Crippen LogP contribution in [0, 0.1) is 18.6 Å². The summed E-state index contributed by atoms with van der Waals surface area (Å²) in [5.74, 6) is -1.08. The SMILES string of the molecule is C=c1nc(-c2cc(C)ccn2)n(-c2c(OC)cccc2OC)c(=O)c1=C(O)N1CCC(c2ccc(F)cc2F)C1. The molecule has 0 spiro atoms. The molecule has 10 heteroatoms. The van der Waals surface area contributed by atoms with Crippen molar-refractivity contribution in [3.63, 3.8) is 0 Å². The monoisotopic (exact) mass is 546 g/mol. The first-order valence-corrected chi connectivity index (χ1v) is 12.6. The molecule has 0 saturated carbocycles. The number of aliphatic hydroxyl groups excluding tert-OH is 1. The van der Waals surface area contributed by atoms with Gasteiger partial charge < -0.3 is 19.5 Å².